The van der Waals surface area contributed by atoms with Crippen molar-refractivity contribution in [2.75, 3.05) is 21.3 Å². The van der Waals surface area contributed by atoms with Gasteiger partial charge in [-0.25, -0.2) is 0 Å². The van der Waals surface area contributed by atoms with Crippen molar-refractivity contribution in [3.05, 3.63) is 35.9 Å². The predicted octanol–water partition coefficient (Wildman–Crippen LogP) is 2.54. The van der Waals surface area contributed by atoms with E-state index < -0.39 is 8.80 Å². The van der Waals surface area contributed by atoms with E-state index in [0.717, 1.165) is 5.56 Å². The Bertz CT molecular complexity index is 282. The summed E-state index contributed by atoms with van der Waals surface area (Å²) in [7, 11) is 2.18. The van der Waals surface area contributed by atoms with E-state index in [9.17, 15) is 0 Å². The topological polar surface area (TPSA) is 27.7 Å². The Kier molecular flexibility index (Phi) is 4.94. The van der Waals surface area contributed by atoms with Gasteiger partial charge < -0.3 is 13.3 Å². The Morgan fingerprint density at radius 1 is 1.00 bits per heavy atom. The maximum absolute atomic E-state index is 5.40. The van der Waals surface area contributed by atoms with E-state index in [1.807, 2.05) is 30.3 Å². The number of hydrogen-bond donors (Lipinski definition) is 0. The summed E-state index contributed by atoms with van der Waals surface area (Å²) in [5, 5.41) is 0. The second-order valence-electron chi connectivity index (χ2n) is 2.99. The second-order valence-corrected chi connectivity index (χ2v) is 7.76. The summed E-state index contributed by atoms with van der Waals surface area (Å²) in [4.78, 5) is 0. The lowest BCUT2D eigenvalue weighted by molar-refractivity contribution is 0.122. The van der Waals surface area contributed by atoms with Crippen molar-refractivity contribution >= 4 is 24.7 Å². The van der Waals surface area contributed by atoms with Gasteiger partial charge in [0.05, 0.1) is 0 Å². The molecular formula is C10H15BrO3Si. The minimum atomic E-state index is -2.64. The highest BCUT2D eigenvalue weighted by molar-refractivity contribution is 9.09. The lowest BCUT2D eigenvalue weighted by Crippen LogP contribution is -2.47. The molecule has 0 fully saturated rings. The predicted molar refractivity (Wildman–Crippen MR) is 64.9 cm³/mol. The molecule has 84 valence electrons. The number of rotatable bonds is 5. The van der Waals surface area contributed by atoms with Crippen LogP contribution in [0.5, 0.6) is 0 Å². The molecule has 0 saturated carbocycles. The zero-order chi connectivity index (χ0) is 11.3. The molecule has 1 rings (SSSR count). The molecule has 0 radical (unpaired) electrons. The molecule has 0 aliphatic heterocycles. The van der Waals surface area contributed by atoms with Gasteiger partial charge in [-0.3, -0.25) is 0 Å². The number of alkyl halides is 1. The van der Waals surface area contributed by atoms with Gasteiger partial charge in [0.15, 0.2) is 0 Å². The van der Waals surface area contributed by atoms with Crippen molar-refractivity contribution in [2.45, 2.75) is 4.45 Å². The molecule has 0 amide bonds. The largest absolute Gasteiger partial charge is 0.519 e. The van der Waals surface area contributed by atoms with Crippen molar-refractivity contribution in [3.63, 3.8) is 0 Å². The molecule has 1 aromatic carbocycles. The molecule has 0 aliphatic carbocycles. The van der Waals surface area contributed by atoms with E-state index >= 15 is 0 Å². The van der Waals surface area contributed by atoms with Crippen LogP contribution in [0.3, 0.4) is 0 Å². The Morgan fingerprint density at radius 2 is 1.47 bits per heavy atom. The zero-order valence-electron chi connectivity index (χ0n) is 9.07. The van der Waals surface area contributed by atoms with Crippen LogP contribution < -0.4 is 0 Å². The van der Waals surface area contributed by atoms with Crippen LogP contribution in [-0.2, 0) is 13.3 Å². The van der Waals surface area contributed by atoms with Crippen LogP contribution in [0.4, 0.5) is 0 Å². The third-order valence-electron chi connectivity index (χ3n) is 2.26. The molecule has 0 spiro atoms. The van der Waals surface area contributed by atoms with E-state index in [2.05, 4.69) is 15.9 Å². The minimum Gasteiger partial charge on any atom is -0.376 e. The molecule has 0 aliphatic rings. The van der Waals surface area contributed by atoms with Gasteiger partial charge in [0.1, 0.15) is 4.45 Å². The number of benzene rings is 1. The van der Waals surface area contributed by atoms with E-state index in [-0.39, 0.29) is 4.45 Å². The lowest BCUT2D eigenvalue weighted by atomic mass is 10.2. The summed E-state index contributed by atoms with van der Waals surface area (Å²) in [6.07, 6.45) is 0. The van der Waals surface area contributed by atoms with Gasteiger partial charge in [0, 0.05) is 21.3 Å². The van der Waals surface area contributed by atoms with Crippen LogP contribution >= 0.6 is 15.9 Å². The van der Waals surface area contributed by atoms with E-state index in [1.54, 1.807) is 21.3 Å². The van der Waals surface area contributed by atoms with E-state index in [4.69, 9.17) is 13.3 Å². The SMILES string of the molecule is CO[Si](OC)(OC)C(Br)c1ccccc1. The molecule has 15 heavy (non-hydrogen) atoms. The summed E-state index contributed by atoms with van der Waals surface area (Å²) in [5.74, 6) is 0. The molecule has 5 heteroatoms. The molecule has 0 bridgehead atoms. The average Bonchev–Trinajstić information content (AvgIpc) is 2.33. The highest BCUT2D eigenvalue weighted by Crippen LogP contribution is 2.33. The van der Waals surface area contributed by atoms with Crippen LogP contribution in [-0.4, -0.2) is 30.1 Å². The third-order valence-corrected chi connectivity index (χ3v) is 7.13. The Balaban J connectivity index is 2.95. The molecule has 0 heterocycles. The number of hydrogen-bond acceptors (Lipinski definition) is 3. The van der Waals surface area contributed by atoms with Gasteiger partial charge in [-0.05, 0) is 5.56 Å². The fourth-order valence-electron chi connectivity index (χ4n) is 1.39. The van der Waals surface area contributed by atoms with Crippen molar-refractivity contribution < 1.29 is 13.3 Å². The van der Waals surface area contributed by atoms with Crippen molar-refractivity contribution in [1.82, 2.24) is 0 Å². The molecule has 0 aromatic heterocycles. The van der Waals surface area contributed by atoms with Gasteiger partial charge in [0.2, 0.25) is 0 Å². The van der Waals surface area contributed by atoms with Gasteiger partial charge in [-0.15, -0.1) is 0 Å². The highest BCUT2D eigenvalue weighted by Gasteiger charge is 2.46. The standard InChI is InChI=1S/C10H15BrO3Si/c1-12-15(13-2,14-3)10(11)9-7-5-4-6-8-9/h4-8,10H,1-3H3. The summed E-state index contributed by atoms with van der Waals surface area (Å²) < 4.78 is 16.2. The molecular weight excluding hydrogens is 276 g/mol. The zero-order valence-corrected chi connectivity index (χ0v) is 11.7. The first kappa shape index (κ1) is 12.9. The number of halogens is 1. The van der Waals surface area contributed by atoms with E-state index in [1.165, 1.54) is 0 Å². The van der Waals surface area contributed by atoms with Crippen LogP contribution in [0.2, 0.25) is 0 Å². The second kappa shape index (κ2) is 5.76. The third kappa shape index (κ3) is 2.67. The first-order chi connectivity index (χ1) is 7.20. The van der Waals surface area contributed by atoms with E-state index in [0.29, 0.717) is 0 Å². The Hall–Kier alpha value is -0.203. The van der Waals surface area contributed by atoms with Crippen LogP contribution in [0, 0.1) is 0 Å². The van der Waals surface area contributed by atoms with Gasteiger partial charge in [0.25, 0.3) is 0 Å². The first-order valence-electron chi connectivity index (χ1n) is 4.54. The monoisotopic (exact) mass is 290 g/mol. The van der Waals surface area contributed by atoms with Gasteiger partial charge >= 0.3 is 8.80 Å². The Labute approximate surface area is 99.9 Å². The van der Waals surface area contributed by atoms with Crippen molar-refractivity contribution in [1.29, 1.82) is 0 Å². The van der Waals surface area contributed by atoms with Crippen molar-refractivity contribution in [3.8, 4) is 0 Å². The molecule has 1 unspecified atom stereocenters. The van der Waals surface area contributed by atoms with Crippen LogP contribution in [0.1, 0.15) is 10.0 Å². The summed E-state index contributed by atoms with van der Waals surface area (Å²) in [6, 6.07) is 9.95. The Morgan fingerprint density at radius 3 is 1.87 bits per heavy atom. The lowest BCUT2D eigenvalue weighted by Gasteiger charge is -2.29. The first-order valence-corrected chi connectivity index (χ1v) is 7.26. The summed E-state index contributed by atoms with van der Waals surface area (Å²) >= 11 is 3.58. The molecule has 0 N–H and O–H groups in total. The summed E-state index contributed by atoms with van der Waals surface area (Å²) in [5.41, 5.74) is 1.09. The fourth-order valence-corrected chi connectivity index (χ4v) is 5.10. The fraction of sp³-hybridized carbons (Fsp3) is 0.400. The van der Waals surface area contributed by atoms with Crippen molar-refractivity contribution in [2.24, 2.45) is 0 Å². The highest BCUT2D eigenvalue weighted by atomic mass is 79.9. The van der Waals surface area contributed by atoms with Gasteiger partial charge in [-0.1, -0.05) is 46.3 Å². The molecule has 3 nitrogen and oxygen atoms in total. The minimum absolute atomic E-state index is 0.0498. The smallest absolute Gasteiger partial charge is 0.376 e. The molecule has 0 saturated heterocycles. The normalized spacial score (nSPS) is 13.9. The molecule has 1 aromatic rings. The van der Waals surface area contributed by atoms with Crippen LogP contribution in [0.15, 0.2) is 30.3 Å². The average molecular weight is 291 g/mol. The maximum atomic E-state index is 5.40. The van der Waals surface area contributed by atoms with Crippen LogP contribution in [0.25, 0.3) is 0 Å². The van der Waals surface area contributed by atoms with Gasteiger partial charge in [-0.2, -0.15) is 0 Å². The maximum Gasteiger partial charge on any atom is 0.519 e. The molecule has 1 atom stereocenters. The summed E-state index contributed by atoms with van der Waals surface area (Å²) in [6.45, 7) is 0. The quantitative estimate of drug-likeness (QED) is 0.616.